The van der Waals surface area contributed by atoms with Crippen molar-refractivity contribution in [2.75, 3.05) is 13.6 Å². The summed E-state index contributed by atoms with van der Waals surface area (Å²) in [4.78, 5) is 4.06. The minimum Gasteiger partial charge on any atom is -0.355 e. The molecule has 0 aliphatic heterocycles. The van der Waals surface area contributed by atoms with Crippen LogP contribution in [0, 0.1) is 0 Å². The van der Waals surface area contributed by atoms with Gasteiger partial charge in [-0.05, 0) is 29.8 Å². The van der Waals surface area contributed by atoms with Crippen LogP contribution in [0.4, 0.5) is 13.2 Å². The molecule has 0 atom stereocenters. The molecule has 0 spiro atoms. The average Bonchev–Trinajstić information content (AvgIpc) is 3.03. The molecule has 0 amide bonds. The average molecular weight is 452 g/mol. The Morgan fingerprint density at radius 3 is 2.46 bits per heavy atom. The van der Waals surface area contributed by atoms with Crippen LogP contribution in [0.25, 0.3) is 0 Å². The molecule has 0 radical (unpaired) electrons. The van der Waals surface area contributed by atoms with Gasteiger partial charge in [-0.3, -0.25) is 4.99 Å². The lowest BCUT2D eigenvalue weighted by Crippen LogP contribution is -2.38. The molecule has 132 valence electrons. The van der Waals surface area contributed by atoms with Gasteiger partial charge in [0.05, 0.1) is 5.56 Å². The molecule has 0 aliphatic rings. The molecular weight excluding hydrogens is 432 g/mol. The summed E-state index contributed by atoms with van der Waals surface area (Å²) in [6.45, 7) is 1.71. The Labute approximate surface area is 156 Å². The van der Waals surface area contributed by atoms with Crippen LogP contribution in [0.3, 0.4) is 0 Å². The third-order valence-corrected chi connectivity index (χ3v) is 3.27. The summed E-state index contributed by atoms with van der Waals surface area (Å²) < 4.78 is 40.0. The standard InChI is InChI=1S/C16H19F3N4.HI/c1-20-15(21-7-10-23-8-2-3-9-23)22-12-13-5-4-6-14(11-13)16(17,18)19;/h2-6,8-9,11H,7,10,12H2,1H3,(H2,20,21,22);1H. The van der Waals surface area contributed by atoms with Gasteiger partial charge in [-0.15, -0.1) is 24.0 Å². The van der Waals surface area contributed by atoms with Crippen molar-refractivity contribution in [3.05, 3.63) is 59.9 Å². The lowest BCUT2D eigenvalue weighted by Gasteiger charge is -2.13. The summed E-state index contributed by atoms with van der Waals surface area (Å²) in [5.41, 5.74) is -0.0967. The number of aromatic nitrogens is 1. The van der Waals surface area contributed by atoms with Crippen LogP contribution in [0.1, 0.15) is 11.1 Å². The minimum absolute atomic E-state index is 0. The predicted molar refractivity (Wildman–Crippen MR) is 99.5 cm³/mol. The lowest BCUT2D eigenvalue weighted by molar-refractivity contribution is -0.137. The smallest absolute Gasteiger partial charge is 0.355 e. The van der Waals surface area contributed by atoms with Gasteiger partial charge in [-0.1, -0.05) is 12.1 Å². The monoisotopic (exact) mass is 452 g/mol. The minimum atomic E-state index is -4.33. The number of nitrogens with one attached hydrogen (secondary N) is 2. The van der Waals surface area contributed by atoms with Crippen molar-refractivity contribution in [2.24, 2.45) is 4.99 Å². The van der Waals surface area contributed by atoms with Crippen LogP contribution in [-0.4, -0.2) is 24.1 Å². The topological polar surface area (TPSA) is 41.4 Å². The largest absolute Gasteiger partial charge is 0.416 e. The Bertz CT molecular complexity index is 639. The molecule has 0 bridgehead atoms. The second kappa shape index (κ2) is 9.55. The summed E-state index contributed by atoms with van der Waals surface area (Å²) >= 11 is 0. The zero-order chi connectivity index (χ0) is 16.7. The van der Waals surface area contributed by atoms with Crippen molar-refractivity contribution in [3.63, 3.8) is 0 Å². The van der Waals surface area contributed by atoms with Crippen molar-refractivity contribution >= 4 is 29.9 Å². The second-order valence-corrected chi connectivity index (χ2v) is 4.97. The third-order valence-electron chi connectivity index (χ3n) is 3.27. The van der Waals surface area contributed by atoms with Gasteiger partial charge in [0.15, 0.2) is 5.96 Å². The first kappa shape index (κ1) is 20.3. The Balaban J connectivity index is 0.00000288. The molecule has 1 aromatic carbocycles. The van der Waals surface area contributed by atoms with Gasteiger partial charge in [0.1, 0.15) is 0 Å². The zero-order valence-electron chi connectivity index (χ0n) is 13.2. The molecule has 0 unspecified atom stereocenters. The number of rotatable bonds is 5. The molecule has 2 rings (SSSR count). The fourth-order valence-electron chi connectivity index (χ4n) is 2.09. The van der Waals surface area contributed by atoms with Crippen LogP contribution in [0.2, 0.25) is 0 Å². The molecule has 8 heteroatoms. The number of alkyl halides is 3. The molecule has 0 saturated heterocycles. The predicted octanol–water partition coefficient (Wildman–Crippen LogP) is 3.49. The van der Waals surface area contributed by atoms with Crippen molar-refractivity contribution in [2.45, 2.75) is 19.3 Å². The van der Waals surface area contributed by atoms with Gasteiger partial charge >= 0.3 is 6.18 Å². The van der Waals surface area contributed by atoms with Gasteiger partial charge in [0, 0.05) is 39.1 Å². The summed E-state index contributed by atoms with van der Waals surface area (Å²) in [5, 5.41) is 6.13. The van der Waals surface area contributed by atoms with E-state index in [4.69, 9.17) is 0 Å². The van der Waals surface area contributed by atoms with E-state index in [0.29, 0.717) is 18.1 Å². The Morgan fingerprint density at radius 2 is 1.83 bits per heavy atom. The molecule has 4 nitrogen and oxygen atoms in total. The maximum absolute atomic E-state index is 12.7. The van der Waals surface area contributed by atoms with Crippen LogP contribution in [0.5, 0.6) is 0 Å². The van der Waals surface area contributed by atoms with E-state index in [0.717, 1.165) is 18.7 Å². The summed E-state index contributed by atoms with van der Waals surface area (Å²) in [7, 11) is 1.62. The van der Waals surface area contributed by atoms with Crippen LogP contribution >= 0.6 is 24.0 Å². The normalized spacial score (nSPS) is 11.8. The summed E-state index contributed by atoms with van der Waals surface area (Å²) in [6, 6.07) is 9.15. The summed E-state index contributed by atoms with van der Waals surface area (Å²) in [6.07, 6.45) is -0.409. The maximum atomic E-state index is 12.7. The highest BCUT2D eigenvalue weighted by Crippen LogP contribution is 2.29. The van der Waals surface area contributed by atoms with E-state index < -0.39 is 11.7 Å². The van der Waals surface area contributed by atoms with Crippen molar-refractivity contribution in [1.82, 2.24) is 15.2 Å². The van der Waals surface area contributed by atoms with Gasteiger partial charge in [-0.25, -0.2) is 0 Å². The van der Waals surface area contributed by atoms with E-state index in [9.17, 15) is 13.2 Å². The fraction of sp³-hybridized carbons (Fsp3) is 0.312. The van der Waals surface area contributed by atoms with Crippen LogP contribution in [-0.2, 0) is 19.3 Å². The second-order valence-electron chi connectivity index (χ2n) is 4.97. The van der Waals surface area contributed by atoms with Crippen molar-refractivity contribution < 1.29 is 13.2 Å². The quantitative estimate of drug-likeness (QED) is 0.415. The highest BCUT2D eigenvalue weighted by atomic mass is 127. The fourth-order valence-corrected chi connectivity index (χ4v) is 2.09. The highest BCUT2D eigenvalue weighted by molar-refractivity contribution is 14.0. The Kier molecular flexibility index (Phi) is 8.09. The molecule has 1 heterocycles. The van der Waals surface area contributed by atoms with Gasteiger partial charge < -0.3 is 15.2 Å². The first-order chi connectivity index (χ1) is 11.0. The Morgan fingerprint density at radius 1 is 1.12 bits per heavy atom. The van der Waals surface area contributed by atoms with E-state index >= 15 is 0 Å². The molecule has 0 aliphatic carbocycles. The first-order valence-corrected chi connectivity index (χ1v) is 7.20. The molecule has 1 aromatic heterocycles. The highest BCUT2D eigenvalue weighted by Gasteiger charge is 2.30. The lowest BCUT2D eigenvalue weighted by atomic mass is 10.1. The number of halogens is 4. The van der Waals surface area contributed by atoms with Gasteiger partial charge in [0.2, 0.25) is 0 Å². The number of guanidine groups is 1. The van der Waals surface area contributed by atoms with E-state index in [1.807, 2.05) is 29.1 Å². The van der Waals surface area contributed by atoms with E-state index in [1.54, 1.807) is 13.1 Å². The number of hydrogen-bond donors (Lipinski definition) is 2. The van der Waals surface area contributed by atoms with Gasteiger partial charge in [0.25, 0.3) is 0 Å². The number of aliphatic imine (C=N–C) groups is 1. The SMILES string of the molecule is CN=C(NCCn1cccc1)NCc1cccc(C(F)(F)F)c1.I. The van der Waals surface area contributed by atoms with E-state index in [-0.39, 0.29) is 30.5 Å². The van der Waals surface area contributed by atoms with E-state index in [1.165, 1.54) is 6.07 Å². The Hall–Kier alpha value is -1.71. The molecule has 24 heavy (non-hydrogen) atoms. The molecule has 2 N–H and O–H groups in total. The number of nitrogens with zero attached hydrogens (tertiary/aromatic N) is 2. The number of benzene rings is 1. The zero-order valence-corrected chi connectivity index (χ0v) is 15.5. The molecule has 0 saturated carbocycles. The third kappa shape index (κ3) is 6.42. The molecule has 2 aromatic rings. The first-order valence-electron chi connectivity index (χ1n) is 7.20. The van der Waals surface area contributed by atoms with Crippen molar-refractivity contribution in [3.8, 4) is 0 Å². The van der Waals surface area contributed by atoms with Gasteiger partial charge in [-0.2, -0.15) is 13.2 Å². The maximum Gasteiger partial charge on any atom is 0.416 e. The molecular formula is C16H20F3IN4. The van der Waals surface area contributed by atoms with Crippen LogP contribution in [0.15, 0.2) is 53.8 Å². The molecule has 0 fully saturated rings. The van der Waals surface area contributed by atoms with Crippen LogP contribution < -0.4 is 10.6 Å². The summed E-state index contributed by atoms with van der Waals surface area (Å²) in [5.74, 6) is 0.551. The van der Waals surface area contributed by atoms with E-state index in [2.05, 4.69) is 15.6 Å². The van der Waals surface area contributed by atoms with Crippen molar-refractivity contribution in [1.29, 1.82) is 0 Å². The number of hydrogen-bond acceptors (Lipinski definition) is 1.